The molecule has 1 saturated carbocycles. The van der Waals surface area contributed by atoms with Crippen LogP contribution in [0.15, 0.2) is 80.9 Å². The number of benzene rings is 2. The van der Waals surface area contributed by atoms with Crippen LogP contribution in [0.1, 0.15) is 31.4 Å². The van der Waals surface area contributed by atoms with Gasteiger partial charge in [-0.05, 0) is 44.7 Å². The van der Waals surface area contributed by atoms with Crippen molar-refractivity contribution in [1.82, 2.24) is 14.0 Å². The molecule has 0 atom stereocenters. The summed E-state index contributed by atoms with van der Waals surface area (Å²) in [6.45, 7) is 1.93. The van der Waals surface area contributed by atoms with Crippen LogP contribution in [0.2, 0.25) is 0 Å². The molecule has 7 heteroatoms. The maximum atomic E-state index is 13.4. The number of rotatable bonds is 4. The fourth-order valence-corrected chi connectivity index (χ4v) is 4.92. The molecule has 1 fully saturated rings. The second-order valence-electron chi connectivity index (χ2n) is 7.98. The molecule has 1 aliphatic rings. The van der Waals surface area contributed by atoms with E-state index < -0.39 is 0 Å². The van der Waals surface area contributed by atoms with Gasteiger partial charge in [0, 0.05) is 23.7 Å². The van der Waals surface area contributed by atoms with Crippen molar-refractivity contribution >= 4 is 22.7 Å². The fourth-order valence-electron chi connectivity index (χ4n) is 4.08. The Morgan fingerprint density at radius 1 is 0.938 bits per heavy atom. The molecule has 6 nitrogen and oxygen atoms in total. The summed E-state index contributed by atoms with van der Waals surface area (Å²) >= 11 is 1.51. The van der Waals surface area contributed by atoms with E-state index in [1.54, 1.807) is 4.68 Å². The molecule has 0 bridgehead atoms. The molecule has 2 heterocycles. The molecule has 0 radical (unpaired) electrons. The molecule has 0 N–H and O–H groups in total. The van der Waals surface area contributed by atoms with Gasteiger partial charge in [-0.2, -0.15) is 5.10 Å². The Balaban J connectivity index is 1.71. The molecule has 4 aromatic rings. The molecule has 162 valence electrons. The zero-order chi connectivity index (χ0) is 22.1. The van der Waals surface area contributed by atoms with E-state index in [9.17, 15) is 4.79 Å². The highest BCUT2D eigenvalue weighted by atomic mass is 32.1. The highest BCUT2D eigenvalue weighted by Crippen LogP contribution is 2.23. The lowest BCUT2D eigenvalue weighted by atomic mass is 10.2. The van der Waals surface area contributed by atoms with Gasteiger partial charge in [-0.3, -0.25) is 9.48 Å². The van der Waals surface area contributed by atoms with Crippen molar-refractivity contribution in [2.45, 2.75) is 32.6 Å². The Morgan fingerprint density at radius 2 is 1.59 bits per heavy atom. The van der Waals surface area contributed by atoms with E-state index in [0.717, 1.165) is 35.5 Å². The number of hydrogen-bond donors (Lipinski definition) is 0. The normalized spacial score (nSPS) is 14.3. The van der Waals surface area contributed by atoms with Crippen molar-refractivity contribution in [3.05, 3.63) is 86.9 Å². The Bertz CT molecular complexity index is 1400. The predicted octanol–water partition coefficient (Wildman–Crippen LogP) is 5.02. The highest BCUT2D eigenvalue weighted by molar-refractivity contribution is 7.07. The Kier molecular flexibility index (Phi) is 5.49. The summed E-state index contributed by atoms with van der Waals surface area (Å²) in [6.07, 6.45) is 4.38. The lowest BCUT2D eigenvalue weighted by Gasteiger charge is -2.07. The summed E-state index contributed by atoms with van der Waals surface area (Å²) in [5, 5.41) is 7.04. The first kappa shape index (κ1) is 20.5. The minimum Gasteiger partial charge on any atom is -0.283 e. The maximum Gasteiger partial charge on any atom is 0.297 e. The van der Waals surface area contributed by atoms with Gasteiger partial charge in [0.25, 0.3) is 5.56 Å². The largest absolute Gasteiger partial charge is 0.297 e. The minimum absolute atomic E-state index is 0.133. The van der Waals surface area contributed by atoms with Crippen LogP contribution >= 0.6 is 11.3 Å². The van der Waals surface area contributed by atoms with Gasteiger partial charge in [-0.1, -0.05) is 48.5 Å². The monoisotopic (exact) mass is 443 g/mol. The summed E-state index contributed by atoms with van der Waals surface area (Å²) in [5.41, 5.74) is 5.20. The topological polar surface area (TPSA) is 56.6 Å². The van der Waals surface area contributed by atoms with E-state index in [1.165, 1.54) is 29.9 Å². The Morgan fingerprint density at radius 3 is 2.28 bits per heavy atom. The molecule has 0 saturated heterocycles. The molecule has 0 spiro atoms. The summed E-state index contributed by atoms with van der Waals surface area (Å²) in [4.78, 5) is 18.9. The van der Waals surface area contributed by atoms with Crippen LogP contribution in [0.3, 0.4) is 0 Å². The zero-order valence-electron chi connectivity index (χ0n) is 18.2. The average Bonchev–Trinajstić information content (AvgIpc) is 3.53. The van der Waals surface area contributed by atoms with Crippen LogP contribution in [0.4, 0.5) is 5.69 Å². The van der Waals surface area contributed by atoms with Crippen LogP contribution in [-0.4, -0.2) is 19.8 Å². The second kappa shape index (κ2) is 8.59. The van der Waals surface area contributed by atoms with E-state index in [4.69, 9.17) is 10.1 Å². The lowest BCUT2D eigenvalue weighted by molar-refractivity contribution is 0.630. The second-order valence-corrected chi connectivity index (χ2v) is 8.81. The van der Waals surface area contributed by atoms with Gasteiger partial charge in [0.1, 0.15) is 0 Å². The van der Waals surface area contributed by atoms with Crippen LogP contribution in [0, 0.1) is 6.92 Å². The molecule has 0 amide bonds. The summed E-state index contributed by atoms with van der Waals surface area (Å²) in [5.74, 6) is 0. The van der Waals surface area contributed by atoms with Crippen LogP contribution in [0.5, 0.6) is 0 Å². The molecule has 2 aromatic carbocycles. The average molecular weight is 444 g/mol. The van der Waals surface area contributed by atoms with Crippen molar-refractivity contribution in [2.75, 3.05) is 0 Å². The first-order valence-electron chi connectivity index (χ1n) is 10.8. The quantitative estimate of drug-likeness (QED) is 0.437. The molecule has 5 rings (SSSR count). The van der Waals surface area contributed by atoms with Crippen molar-refractivity contribution < 1.29 is 0 Å². The van der Waals surface area contributed by atoms with Crippen LogP contribution in [-0.2, 0) is 7.05 Å². The van der Waals surface area contributed by atoms with Gasteiger partial charge in [-0.15, -0.1) is 11.3 Å². The minimum atomic E-state index is -0.133. The van der Waals surface area contributed by atoms with Gasteiger partial charge < -0.3 is 0 Å². The van der Waals surface area contributed by atoms with E-state index >= 15 is 0 Å². The van der Waals surface area contributed by atoms with Gasteiger partial charge in [-0.25, -0.2) is 14.4 Å². The molecule has 1 aliphatic carbocycles. The third-order valence-corrected chi connectivity index (χ3v) is 6.72. The highest BCUT2D eigenvalue weighted by Gasteiger charge is 2.17. The molecule has 32 heavy (non-hydrogen) atoms. The van der Waals surface area contributed by atoms with Crippen molar-refractivity contribution in [1.29, 1.82) is 0 Å². The van der Waals surface area contributed by atoms with Crippen LogP contribution < -0.4 is 10.4 Å². The van der Waals surface area contributed by atoms with Gasteiger partial charge in [0.15, 0.2) is 5.69 Å². The number of thiazole rings is 1. The summed E-state index contributed by atoms with van der Waals surface area (Å²) in [7, 11) is 1.89. The van der Waals surface area contributed by atoms with E-state index in [0.29, 0.717) is 10.5 Å². The van der Waals surface area contributed by atoms with E-state index in [1.807, 2.05) is 71.9 Å². The number of hydrogen-bond acceptors (Lipinski definition) is 4. The standard InChI is InChI=1S/C25H25N5OS/c1-18-23(24(31)30(28(18)2)21-15-7-4-8-16-21)26-25-29(27-20-13-9-10-14-20)22(17-32-25)19-11-5-3-6-12-19/h3-8,11-12,15-17H,9-10,13-14H2,1-2H3. The van der Waals surface area contributed by atoms with Gasteiger partial charge >= 0.3 is 0 Å². The van der Waals surface area contributed by atoms with Crippen LogP contribution in [0.25, 0.3) is 16.9 Å². The third-order valence-electron chi connectivity index (χ3n) is 5.91. The fraction of sp³-hybridized carbons (Fsp3) is 0.240. The predicted molar refractivity (Wildman–Crippen MR) is 130 cm³/mol. The first-order valence-corrected chi connectivity index (χ1v) is 11.7. The first-order chi connectivity index (χ1) is 15.6. The Hall–Kier alpha value is -3.45. The van der Waals surface area contributed by atoms with Crippen molar-refractivity contribution in [3.8, 4) is 16.9 Å². The summed E-state index contributed by atoms with van der Waals surface area (Å²) < 4.78 is 5.43. The molecule has 0 unspecified atom stereocenters. The number of aromatic nitrogens is 3. The number of nitrogens with zero attached hydrogens (tertiary/aromatic N) is 5. The van der Waals surface area contributed by atoms with E-state index in [-0.39, 0.29) is 5.56 Å². The smallest absolute Gasteiger partial charge is 0.283 e. The number of para-hydroxylation sites is 1. The molecular weight excluding hydrogens is 418 g/mol. The van der Waals surface area contributed by atoms with Crippen molar-refractivity contribution in [2.24, 2.45) is 17.1 Å². The lowest BCUT2D eigenvalue weighted by Crippen LogP contribution is -2.20. The maximum absolute atomic E-state index is 13.4. The third kappa shape index (κ3) is 3.69. The summed E-state index contributed by atoms with van der Waals surface area (Å²) in [6, 6.07) is 19.9. The molecule has 0 aliphatic heterocycles. The molecule has 2 aromatic heterocycles. The Labute approximate surface area is 190 Å². The van der Waals surface area contributed by atoms with Crippen molar-refractivity contribution in [3.63, 3.8) is 0 Å². The van der Waals surface area contributed by atoms with Gasteiger partial charge in [0.2, 0.25) is 4.80 Å². The molecular formula is C25H25N5OS. The van der Waals surface area contributed by atoms with E-state index in [2.05, 4.69) is 17.5 Å². The SMILES string of the molecule is Cc1c(N=c2scc(-c3ccccc3)n2N=C2CCCC2)c(=O)n(-c2ccccc2)n1C. The van der Waals surface area contributed by atoms with Gasteiger partial charge in [0.05, 0.1) is 17.1 Å². The zero-order valence-corrected chi connectivity index (χ0v) is 19.0.